The molecule has 16 atom stereocenters. The number of rotatable bonds is 14. The molecular formula is C27H45ClNO17-. The van der Waals surface area contributed by atoms with Crippen LogP contribution in [0.15, 0.2) is 0 Å². The molecule has 3 aliphatic rings. The van der Waals surface area contributed by atoms with Crippen molar-refractivity contribution in [2.24, 2.45) is 5.92 Å². The van der Waals surface area contributed by atoms with E-state index in [0.29, 0.717) is 6.42 Å². The van der Waals surface area contributed by atoms with Crippen molar-refractivity contribution in [2.75, 3.05) is 25.7 Å². The summed E-state index contributed by atoms with van der Waals surface area (Å²) in [5, 5.41) is 98.8. The Morgan fingerprint density at radius 1 is 1.02 bits per heavy atom. The number of aliphatic hydroxyl groups excluding tert-OH is 8. The van der Waals surface area contributed by atoms with E-state index in [1.54, 1.807) is 0 Å². The monoisotopic (exact) mass is 690 g/mol. The van der Waals surface area contributed by atoms with Crippen molar-refractivity contribution < 1.29 is 84.0 Å². The number of carbonyl (C=O) groups excluding carboxylic acids is 2. The maximum Gasteiger partial charge on any atom is 0.217 e. The third-order valence-corrected chi connectivity index (χ3v) is 8.57. The van der Waals surface area contributed by atoms with Crippen molar-refractivity contribution in [1.82, 2.24) is 5.32 Å². The number of halogens is 1. The number of ether oxygens (including phenoxy) is 6. The third-order valence-electron chi connectivity index (χ3n) is 8.31. The molecule has 18 nitrogen and oxygen atoms in total. The minimum absolute atomic E-state index is 0.0680. The summed E-state index contributed by atoms with van der Waals surface area (Å²) in [5.41, 5.74) is 0. The van der Waals surface area contributed by atoms with Gasteiger partial charge in [-0.25, -0.2) is 0 Å². The number of carboxylic acids is 1. The second-order valence-electron chi connectivity index (χ2n) is 11.8. The van der Waals surface area contributed by atoms with E-state index in [0.717, 1.165) is 0 Å². The van der Waals surface area contributed by atoms with Crippen LogP contribution < -0.4 is 10.4 Å². The van der Waals surface area contributed by atoms with E-state index in [9.17, 15) is 55.5 Å². The predicted octanol–water partition coefficient (Wildman–Crippen LogP) is -5.60. The zero-order chi connectivity index (χ0) is 34.5. The van der Waals surface area contributed by atoms with Crippen LogP contribution in [-0.4, -0.2) is 170 Å². The second kappa shape index (κ2) is 16.9. The smallest absolute Gasteiger partial charge is 0.217 e. The van der Waals surface area contributed by atoms with E-state index in [1.807, 2.05) is 0 Å². The number of carboxylic acid groups (broad SMARTS) is 1. The molecule has 0 saturated carbocycles. The minimum atomic E-state index is -2.69. The molecule has 3 heterocycles. The highest BCUT2D eigenvalue weighted by Crippen LogP contribution is 2.37. The van der Waals surface area contributed by atoms with E-state index in [-0.39, 0.29) is 12.5 Å². The Balaban J connectivity index is 1.77. The van der Waals surface area contributed by atoms with Crippen LogP contribution in [0.3, 0.4) is 0 Å². The fourth-order valence-electron chi connectivity index (χ4n) is 5.60. The van der Waals surface area contributed by atoms with Crippen LogP contribution in [0.4, 0.5) is 0 Å². The number of carbonyl (C=O) groups is 2. The van der Waals surface area contributed by atoms with Crippen molar-refractivity contribution in [3.05, 3.63) is 0 Å². The van der Waals surface area contributed by atoms with Crippen molar-refractivity contribution in [3.8, 4) is 0 Å². The Bertz CT molecular complexity index is 994. The van der Waals surface area contributed by atoms with Gasteiger partial charge in [0.25, 0.3) is 0 Å². The summed E-state index contributed by atoms with van der Waals surface area (Å²) in [6, 6.07) is -1.18. The summed E-state index contributed by atoms with van der Waals surface area (Å²) in [4.78, 5) is 24.2. The van der Waals surface area contributed by atoms with Crippen LogP contribution in [0.1, 0.15) is 33.6 Å². The fourth-order valence-corrected chi connectivity index (χ4v) is 5.71. The summed E-state index contributed by atoms with van der Waals surface area (Å²) in [6.07, 6.45) is -21.2. The van der Waals surface area contributed by atoms with Crippen molar-refractivity contribution in [3.63, 3.8) is 0 Å². The Morgan fingerprint density at radius 3 is 2.22 bits per heavy atom. The molecule has 19 heteroatoms. The molecule has 0 aromatic rings. The first kappa shape index (κ1) is 39.1. The summed E-state index contributed by atoms with van der Waals surface area (Å²) >= 11 is 5.62. The first-order valence-corrected chi connectivity index (χ1v) is 15.4. The van der Waals surface area contributed by atoms with Gasteiger partial charge in [0.05, 0.1) is 44.2 Å². The number of aliphatic carboxylic acids is 1. The number of hydrogen-bond donors (Lipinski definition) is 9. The highest BCUT2D eigenvalue weighted by atomic mass is 35.5. The molecule has 0 spiro atoms. The van der Waals surface area contributed by atoms with Crippen molar-refractivity contribution >= 4 is 23.5 Å². The number of nitrogens with one attached hydrogen (secondary N) is 1. The van der Waals surface area contributed by atoms with Gasteiger partial charge in [0.2, 0.25) is 11.7 Å². The van der Waals surface area contributed by atoms with E-state index in [2.05, 4.69) is 5.32 Å². The lowest BCUT2D eigenvalue weighted by Gasteiger charge is -2.50. The quantitative estimate of drug-likeness (QED) is 0.0606. The number of aliphatic hydroxyl groups is 8. The molecule has 3 rings (SSSR count). The van der Waals surface area contributed by atoms with Crippen LogP contribution >= 0.6 is 11.6 Å². The lowest BCUT2D eigenvalue weighted by atomic mass is 9.83. The molecule has 9 N–H and O–H groups in total. The van der Waals surface area contributed by atoms with Gasteiger partial charge in [-0.2, -0.15) is 0 Å². The Morgan fingerprint density at radius 2 is 1.65 bits per heavy atom. The SMILES string of the molecule is CC(=O)N[C@@H](C1O[C@@](OCC2O[C@@H](O[C@@H]3C(CO)O[C@@H](OCCCCl)C(O)[C@H]3O)C(O)[C@@H](O)[C@H]2O)(C(=O)[O-])C[C@@H](O)[C@H]1C)[C@@H](C)O. The number of hydrogen-bond acceptors (Lipinski definition) is 17. The van der Waals surface area contributed by atoms with E-state index < -0.39 is 129 Å². The standard InChI is InChI=1S/C27H46ClNO17/c1-10-13(33)7-27(26(39)40,46-22(10)16(11(2)31)29-12(3)32)42-9-15-17(34)18(35)20(37)25(44-15)45-23-14(8-30)43-24(21(38)19(23)36)41-6-4-5-28/h10-11,13-25,30-31,33-38H,4-9H2,1-3H3,(H,29,32)(H,39,40)/p-1/t10-,11-,13-,14?,15?,16-,17+,18+,19-,20?,21?,22?,23-,24-,25+,27-/m1/s1. The molecule has 0 aromatic carbocycles. The average Bonchev–Trinajstić information content (AvgIpc) is 3.00. The van der Waals surface area contributed by atoms with E-state index in [1.165, 1.54) is 20.8 Å². The van der Waals surface area contributed by atoms with Gasteiger partial charge in [-0.15, -0.1) is 11.6 Å². The maximum absolute atomic E-state index is 12.4. The summed E-state index contributed by atoms with van der Waals surface area (Å²) in [5.74, 6) is -5.76. The summed E-state index contributed by atoms with van der Waals surface area (Å²) in [6.45, 7) is 2.45. The van der Waals surface area contributed by atoms with E-state index in [4.69, 9.17) is 40.0 Å². The van der Waals surface area contributed by atoms with Gasteiger partial charge in [-0.05, 0) is 13.3 Å². The molecule has 3 fully saturated rings. The molecule has 268 valence electrons. The first-order chi connectivity index (χ1) is 21.6. The highest BCUT2D eigenvalue weighted by Gasteiger charge is 2.54. The normalized spacial score (nSPS) is 43.1. The van der Waals surface area contributed by atoms with Crippen LogP contribution in [-0.2, 0) is 38.0 Å². The number of amides is 1. The molecule has 46 heavy (non-hydrogen) atoms. The molecule has 0 bridgehead atoms. The van der Waals surface area contributed by atoms with Gasteiger partial charge in [0.15, 0.2) is 12.6 Å². The zero-order valence-electron chi connectivity index (χ0n) is 25.5. The van der Waals surface area contributed by atoms with E-state index >= 15 is 0 Å². The molecule has 3 aliphatic heterocycles. The molecule has 0 aliphatic carbocycles. The Hall–Kier alpha value is -1.33. The molecule has 0 aromatic heterocycles. The maximum atomic E-state index is 12.4. The lowest BCUT2D eigenvalue weighted by molar-refractivity contribution is -0.391. The molecule has 5 unspecified atom stereocenters. The van der Waals surface area contributed by atoms with Gasteiger partial charge >= 0.3 is 0 Å². The van der Waals surface area contributed by atoms with Crippen molar-refractivity contribution in [2.45, 2.75) is 125 Å². The van der Waals surface area contributed by atoms with Crippen LogP contribution in [0.25, 0.3) is 0 Å². The third kappa shape index (κ3) is 8.82. The van der Waals surface area contributed by atoms with Gasteiger partial charge < -0.3 is 84.5 Å². The fraction of sp³-hybridized carbons (Fsp3) is 0.926. The zero-order valence-corrected chi connectivity index (χ0v) is 26.3. The van der Waals surface area contributed by atoms with Gasteiger partial charge in [-0.1, -0.05) is 6.92 Å². The van der Waals surface area contributed by atoms with Crippen LogP contribution in [0.2, 0.25) is 0 Å². The summed E-state index contributed by atoms with van der Waals surface area (Å²) < 4.78 is 33.4. The van der Waals surface area contributed by atoms with Gasteiger partial charge in [-0.3, -0.25) is 4.79 Å². The van der Waals surface area contributed by atoms with Crippen molar-refractivity contribution in [1.29, 1.82) is 0 Å². The molecular weight excluding hydrogens is 646 g/mol. The van der Waals surface area contributed by atoms with Gasteiger partial charge in [0, 0.05) is 25.1 Å². The predicted molar refractivity (Wildman–Crippen MR) is 148 cm³/mol. The molecule has 3 saturated heterocycles. The number of alkyl halides is 1. The van der Waals surface area contributed by atoms with Crippen LogP contribution in [0.5, 0.6) is 0 Å². The largest absolute Gasteiger partial charge is 0.544 e. The summed E-state index contributed by atoms with van der Waals surface area (Å²) in [7, 11) is 0. The Labute approximate surface area is 269 Å². The lowest BCUT2D eigenvalue weighted by Crippen LogP contribution is -2.67. The molecule has 1 amide bonds. The topological polar surface area (TPSA) is 286 Å². The average molecular weight is 691 g/mol. The van der Waals surface area contributed by atoms with Crippen LogP contribution in [0, 0.1) is 5.92 Å². The molecule has 0 radical (unpaired) electrons. The first-order valence-electron chi connectivity index (χ1n) is 14.9. The second-order valence-corrected chi connectivity index (χ2v) is 12.1. The highest BCUT2D eigenvalue weighted by molar-refractivity contribution is 6.17. The Kier molecular flexibility index (Phi) is 14.3. The van der Waals surface area contributed by atoms with Gasteiger partial charge in [0.1, 0.15) is 54.8 Å². The minimum Gasteiger partial charge on any atom is -0.544 e.